The Balaban J connectivity index is 2.07. The molecule has 1 fully saturated rings. The van der Waals surface area contributed by atoms with Crippen LogP contribution in [-0.2, 0) is 4.79 Å². The number of aryl methyl sites for hydroxylation is 1. The maximum atomic E-state index is 11.9. The predicted molar refractivity (Wildman–Crippen MR) is 97.7 cm³/mol. The first-order valence-corrected chi connectivity index (χ1v) is 8.58. The van der Waals surface area contributed by atoms with Gasteiger partial charge in [-0.2, -0.15) is 5.10 Å². The fourth-order valence-corrected chi connectivity index (χ4v) is 3.77. The number of nitrogens with one attached hydrogen (secondary N) is 1. The molecule has 0 unspecified atom stereocenters. The van der Waals surface area contributed by atoms with Crippen LogP contribution in [0.1, 0.15) is 36.8 Å². The van der Waals surface area contributed by atoms with E-state index < -0.39 is 0 Å². The summed E-state index contributed by atoms with van der Waals surface area (Å²) in [6, 6.07) is 4.36. The van der Waals surface area contributed by atoms with Crippen molar-refractivity contribution in [3.05, 3.63) is 40.2 Å². The number of hydrogen-bond acceptors (Lipinski definition) is 4. The van der Waals surface area contributed by atoms with Gasteiger partial charge in [0.1, 0.15) is 10.1 Å². The first kappa shape index (κ1) is 16.0. The van der Waals surface area contributed by atoms with Crippen molar-refractivity contribution >= 4 is 40.3 Å². The zero-order valence-corrected chi connectivity index (χ0v) is 15.1. The van der Waals surface area contributed by atoms with Gasteiger partial charge in [-0.25, -0.2) is 4.68 Å². The molecule has 0 aliphatic carbocycles. The van der Waals surface area contributed by atoms with Gasteiger partial charge < -0.3 is 9.88 Å². The molecule has 1 N–H and O–H groups in total. The molecule has 2 aromatic rings. The molecule has 5 nitrogen and oxygen atoms in total. The molecular formula is C16H18N4OS2. The van der Waals surface area contributed by atoms with Gasteiger partial charge in [-0.1, -0.05) is 24.0 Å². The maximum absolute atomic E-state index is 11.9. The van der Waals surface area contributed by atoms with E-state index >= 15 is 0 Å². The second-order valence-corrected chi connectivity index (χ2v) is 7.46. The number of hydrogen-bond donors (Lipinski definition) is 1. The van der Waals surface area contributed by atoms with E-state index in [1.165, 1.54) is 11.8 Å². The summed E-state index contributed by atoms with van der Waals surface area (Å²) in [7, 11) is 0. The van der Waals surface area contributed by atoms with Crippen molar-refractivity contribution < 1.29 is 4.79 Å². The number of thiocarbonyl (C=S) groups is 1. The van der Waals surface area contributed by atoms with Crippen molar-refractivity contribution in [2.45, 2.75) is 33.7 Å². The van der Waals surface area contributed by atoms with Gasteiger partial charge in [0.2, 0.25) is 0 Å². The number of nitrogens with zero attached hydrogens (tertiary/aromatic N) is 3. The quantitative estimate of drug-likeness (QED) is 0.684. The number of carbonyl (C=O) groups is 1. The van der Waals surface area contributed by atoms with E-state index in [2.05, 4.69) is 41.8 Å². The summed E-state index contributed by atoms with van der Waals surface area (Å²) in [6.07, 6.45) is 3.71. The van der Waals surface area contributed by atoms with Gasteiger partial charge in [0, 0.05) is 23.5 Å². The van der Waals surface area contributed by atoms with Crippen molar-refractivity contribution in [2.75, 3.05) is 0 Å². The number of thioether (sulfide) groups is 1. The van der Waals surface area contributed by atoms with Crippen molar-refractivity contribution in [1.29, 1.82) is 0 Å². The molecule has 0 aromatic carbocycles. The predicted octanol–water partition coefficient (Wildman–Crippen LogP) is 3.36. The third kappa shape index (κ3) is 2.86. The third-order valence-corrected chi connectivity index (χ3v) is 4.93. The zero-order valence-electron chi connectivity index (χ0n) is 13.5. The Kier molecular flexibility index (Phi) is 4.16. The number of aromatic nitrogens is 3. The van der Waals surface area contributed by atoms with Crippen molar-refractivity contribution in [2.24, 2.45) is 0 Å². The lowest BCUT2D eigenvalue weighted by Crippen LogP contribution is -2.17. The highest BCUT2D eigenvalue weighted by molar-refractivity contribution is 8.26. The van der Waals surface area contributed by atoms with E-state index in [4.69, 9.17) is 12.2 Å². The van der Waals surface area contributed by atoms with Crippen LogP contribution in [0.5, 0.6) is 0 Å². The molecule has 0 bridgehead atoms. The molecule has 0 spiro atoms. The first-order chi connectivity index (χ1) is 10.9. The molecule has 23 heavy (non-hydrogen) atoms. The molecule has 3 heterocycles. The lowest BCUT2D eigenvalue weighted by atomic mass is 10.2. The van der Waals surface area contributed by atoms with Gasteiger partial charge in [-0.3, -0.25) is 4.79 Å². The van der Waals surface area contributed by atoms with E-state index in [-0.39, 0.29) is 11.9 Å². The van der Waals surface area contributed by atoms with Crippen LogP contribution in [0.3, 0.4) is 0 Å². The highest BCUT2D eigenvalue weighted by atomic mass is 32.2. The van der Waals surface area contributed by atoms with Crippen LogP contribution in [0.15, 0.2) is 23.2 Å². The average molecular weight is 346 g/mol. The van der Waals surface area contributed by atoms with Gasteiger partial charge in [0.25, 0.3) is 5.91 Å². The Morgan fingerprint density at radius 2 is 2.13 bits per heavy atom. The van der Waals surface area contributed by atoms with E-state index in [9.17, 15) is 4.79 Å². The van der Waals surface area contributed by atoms with Gasteiger partial charge in [-0.15, -0.1) is 0 Å². The molecule has 0 atom stereocenters. The third-order valence-electron chi connectivity index (χ3n) is 3.77. The largest absolute Gasteiger partial charge is 0.307 e. The molecule has 1 saturated heterocycles. The second-order valence-electron chi connectivity index (χ2n) is 5.74. The smallest absolute Gasteiger partial charge is 0.263 e. The summed E-state index contributed by atoms with van der Waals surface area (Å²) in [5, 5.41) is 7.05. The molecule has 1 amide bonds. The molecule has 0 radical (unpaired) electrons. The number of rotatable bonds is 3. The Morgan fingerprint density at radius 1 is 1.39 bits per heavy atom. The van der Waals surface area contributed by atoms with Crippen molar-refractivity contribution in [3.8, 4) is 5.82 Å². The Labute approximate surface area is 144 Å². The SMILES string of the molecule is Cc1cc(/C=C2\SC(=S)NC2=O)c(C)n1-c1ccnn1C(C)C. The monoisotopic (exact) mass is 346 g/mol. The van der Waals surface area contributed by atoms with Gasteiger partial charge >= 0.3 is 0 Å². The fraction of sp³-hybridized carbons (Fsp3) is 0.312. The zero-order chi connectivity index (χ0) is 16.7. The number of carbonyl (C=O) groups excluding carboxylic acids is 1. The van der Waals surface area contributed by atoms with Crippen LogP contribution in [0.2, 0.25) is 0 Å². The molecule has 7 heteroatoms. The maximum Gasteiger partial charge on any atom is 0.263 e. The summed E-state index contributed by atoms with van der Waals surface area (Å²) < 4.78 is 4.66. The molecule has 1 aliphatic rings. The highest BCUT2D eigenvalue weighted by Crippen LogP contribution is 2.29. The van der Waals surface area contributed by atoms with E-state index in [0.29, 0.717) is 9.23 Å². The lowest BCUT2D eigenvalue weighted by molar-refractivity contribution is -0.115. The molecule has 3 rings (SSSR count). The van der Waals surface area contributed by atoms with E-state index in [0.717, 1.165) is 22.8 Å². The highest BCUT2D eigenvalue weighted by Gasteiger charge is 2.23. The first-order valence-electron chi connectivity index (χ1n) is 7.36. The minimum absolute atomic E-state index is 0.128. The fourth-order valence-electron chi connectivity index (χ4n) is 2.73. The van der Waals surface area contributed by atoms with E-state index in [1.54, 1.807) is 0 Å². The molecule has 0 saturated carbocycles. The normalized spacial score (nSPS) is 16.7. The summed E-state index contributed by atoms with van der Waals surface area (Å²) in [6.45, 7) is 8.31. The standard InChI is InChI=1S/C16H18N4OS2/c1-9(2)20-14(5-6-17-20)19-10(3)7-12(11(19)4)8-13-15(21)18-16(22)23-13/h5-9H,1-4H3,(H,18,21,22)/b13-8-. The minimum atomic E-state index is -0.128. The van der Waals surface area contributed by atoms with E-state index in [1.807, 2.05) is 29.9 Å². The van der Waals surface area contributed by atoms with Crippen LogP contribution in [0, 0.1) is 13.8 Å². The van der Waals surface area contributed by atoms with Gasteiger partial charge in [-0.05, 0) is 45.4 Å². The van der Waals surface area contributed by atoms with Gasteiger partial charge in [0.05, 0.1) is 11.1 Å². The molecule has 2 aromatic heterocycles. The van der Waals surface area contributed by atoms with Crippen molar-refractivity contribution in [1.82, 2.24) is 19.7 Å². The number of amides is 1. The second kappa shape index (κ2) is 5.98. The summed E-state index contributed by atoms with van der Waals surface area (Å²) >= 11 is 6.34. The van der Waals surface area contributed by atoms with Crippen LogP contribution in [-0.4, -0.2) is 24.6 Å². The average Bonchev–Trinajstić information content (AvgIpc) is 3.11. The minimum Gasteiger partial charge on any atom is -0.307 e. The lowest BCUT2D eigenvalue weighted by Gasteiger charge is -2.15. The Morgan fingerprint density at radius 3 is 2.74 bits per heavy atom. The molecule has 1 aliphatic heterocycles. The van der Waals surface area contributed by atoms with Crippen LogP contribution in [0.25, 0.3) is 11.9 Å². The summed E-state index contributed by atoms with van der Waals surface area (Å²) in [5.74, 6) is 0.899. The summed E-state index contributed by atoms with van der Waals surface area (Å²) in [5.41, 5.74) is 3.19. The summed E-state index contributed by atoms with van der Waals surface area (Å²) in [4.78, 5) is 12.5. The topological polar surface area (TPSA) is 51.9 Å². The van der Waals surface area contributed by atoms with Crippen LogP contribution in [0.4, 0.5) is 0 Å². The van der Waals surface area contributed by atoms with Gasteiger partial charge in [0.15, 0.2) is 0 Å². The molecule has 120 valence electrons. The Hall–Kier alpha value is -1.86. The van der Waals surface area contributed by atoms with Crippen molar-refractivity contribution in [3.63, 3.8) is 0 Å². The van der Waals surface area contributed by atoms with Crippen LogP contribution < -0.4 is 5.32 Å². The van der Waals surface area contributed by atoms with Crippen LogP contribution >= 0.6 is 24.0 Å². The molecular weight excluding hydrogens is 328 g/mol. The Bertz CT molecular complexity index is 829.